The molecule has 0 unspecified atom stereocenters. The molecule has 0 saturated heterocycles. The molecular formula is C13H18ClNO2. The van der Waals surface area contributed by atoms with Crippen molar-refractivity contribution >= 4 is 23.2 Å². The minimum atomic E-state index is -0.00782. The van der Waals surface area contributed by atoms with Gasteiger partial charge in [0.2, 0.25) is 5.91 Å². The van der Waals surface area contributed by atoms with Crippen LogP contribution >= 0.6 is 11.6 Å². The largest absolute Gasteiger partial charge is 0.495 e. The fourth-order valence-corrected chi connectivity index (χ4v) is 1.76. The van der Waals surface area contributed by atoms with E-state index < -0.39 is 0 Å². The molecule has 1 rings (SSSR count). The van der Waals surface area contributed by atoms with E-state index in [4.69, 9.17) is 16.3 Å². The molecule has 0 bridgehead atoms. The first kappa shape index (κ1) is 13.8. The Morgan fingerprint density at radius 1 is 1.47 bits per heavy atom. The topological polar surface area (TPSA) is 29.5 Å². The second-order valence-electron chi connectivity index (χ2n) is 3.75. The lowest BCUT2D eigenvalue weighted by atomic mass is 10.1. The van der Waals surface area contributed by atoms with E-state index in [0.29, 0.717) is 18.1 Å². The van der Waals surface area contributed by atoms with Crippen molar-refractivity contribution in [3.8, 4) is 5.75 Å². The molecule has 0 aliphatic heterocycles. The van der Waals surface area contributed by atoms with E-state index in [0.717, 1.165) is 12.1 Å². The van der Waals surface area contributed by atoms with E-state index in [1.54, 1.807) is 19.1 Å². The zero-order valence-electron chi connectivity index (χ0n) is 10.5. The van der Waals surface area contributed by atoms with E-state index in [-0.39, 0.29) is 5.91 Å². The summed E-state index contributed by atoms with van der Waals surface area (Å²) in [6.45, 7) is 2.08. The van der Waals surface area contributed by atoms with Gasteiger partial charge in [0.15, 0.2) is 0 Å². The van der Waals surface area contributed by atoms with Crippen LogP contribution in [0.5, 0.6) is 5.75 Å². The Balaban J connectivity index is 3.04. The van der Waals surface area contributed by atoms with Crippen molar-refractivity contribution in [2.75, 3.05) is 24.9 Å². The van der Waals surface area contributed by atoms with E-state index in [1.807, 2.05) is 18.2 Å². The molecule has 17 heavy (non-hydrogen) atoms. The first-order valence-corrected chi connectivity index (χ1v) is 6.16. The van der Waals surface area contributed by atoms with E-state index >= 15 is 0 Å². The number of carbonyl (C=O) groups excluding carboxylic acids is 1. The van der Waals surface area contributed by atoms with Crippen LogP contribution in [0.3, 0.4) is 0 Å². The molecule has 0 fully saturated rings. The summed E-state index contributed by atoms with van der Waals surface area (Å²) in [5.41, 5.74) is 1.97. The van der Waals surface area contributed by atoms with Gasteiger partial charge in [-0.05, 0) is 24.1 Å². The van der Waals surface area contributed by atoms with Crippen molar-refractivity contribution in [2.24, 2.45) is 0 Å². The van der Waals surface area contributed by atoms with Crippen LogP contribution in [0.2, 0.25) is 0 Å². The molecule has 4 heteroatoms. The van der Waals surface area contributed by atoms with Gasteiger partial charge in [0.1, 0.15) is 5.75 Å². The van der Waals surface area contributed by atoms with Gasteiger partial charge < -0.3 is 9.64 Å². The van der Waals surface area contributed by atoms with Gasteiger partial charge >= 0.3 is 0 Å². The highest BCUT2D eigenvalue weighted by Gasteiger charge is 2.14. The minimum Gasteiger partial charge on any atom is -0.495 e. The molecule has 0 spiro atoms. The zero-order chi connectivity index (χ0) is 12.8. The second-order valence-corrected chi connectivity index (χ2v) is 4.13. The Morgan fingerprint density at radius 3 is 2.71 bits per heavy atom. The Hall–Kier alpha value is -1.22. The van der Waals surface area contributed by atoms with Crippen molar-refractivity contribution in [3.05, 3.63) is 23.8 Å². The Labute approximate surface area is 107 Å². The number of aryl methyl sites for hydroxylation is 1. The number of anilines is 1. The highest BCUT2D eigenvalue weighted by atomic mass is 35.5. The summed E-state index contributed by atoms with van der Waals surface area (Å²) in [7, 11) is 3.34. The van der Waals surface area contributed by atoms with Crippen LogP contribution in [0.15, 0.2) is 18.2 Å². The third kappa shape index (κ3) is 3.37. The van der Waals surface area contributed by atoms with Crippen molar-refractivity contribution in [1.29, 1.82) is 0 Å². The fraction of sp³-hybridized carbons (Fsp3) is 0.462. The molecule has 0 aliphatic carbocycles. The molecule has 0 radical (unpaired) electrons. The number of carbonyl (C=O) groups is 1. The number of amides is 1. The lowest BCUT2D eigenvalue weighted by Crippen LogP contribution is -2.26. The minimum absolute atomic E-state index is 0.00782. The van der Waals surface area contributed by atoms with E-state index in [9.17, 15) is 4.79 Å². The molecule has 3 nitrogen and oxygen atoms in total. The van der Waals surface area contributed by atoms with Crippen LogP contribution in [-0.2, 0) is 11.2 Å². The summed E-state index contributed by atoms with van der Waals surface area (Å²) in [6, 6.07) is 5.87. The molecule has 0 saturated carbocycles. The monoisotopic (exact) mass is 255 g/mol. The smallest absolute Gasteiger partial charge is 0.228 e. The Kier molecular flexibility index (Phi) is 5.29. The van der Waals surface area contributed by atoms with Gasteiger partial charge in [-0.1, -0.05) is 13.0 Å². The van der Waals surface area contributed by atoms with Crippen LogP contribution in [0.4, 0.5) is 5.69 Å². The summed E-state index contributed by atoms with van der Waals surface area (Å²) in [5.74, 6) is 1.03. The number of nitrogens with zero attached hydrogens (tertiary/aromatic N) is 1. The summed E-state index contributed by atoms with van der Waals surface area (Å²) in [6.07, 6.45) is 1.26. The second kappa shape index (κ2) is 6.50. The van der Waals surface area contributed by atoms with Gasteiger partial charge in [-0.2, -0.15) is 0 Å². The molecule has 1 aromatic rings. The molecule has 0 atom stereocenters. The molecule has 1 amide bonds. The zero-order valence-corrected chi connectivity index (χ0v) is 11.3. The first-order chi connectivity index (χ1) is 8.13. The molecule has 0 aliphatic rings. The van der Waals surface area contributed by atoms with Crippen molar-refractivity contribution in [1.82, 2.24) is 0 Å². The highest BCUT2D eigenvalue weighted by molar-refractivity contribution is 6.19. The van der Waals surface area contributed by atoms with Gasteiger partial charge in [0.05, 0.1) is 12.8 Å². The fourth-order valence-electron chi connectivity index (χ4n) is 1.60. The van der Waals surface area contributed by atoms with Crippen molar-refractivity contribution in [2.45, 2.75) is 19.8 Å². The average molecular weight is 256 g/mol. The van der Waals surface area contributed by atoms with Crippen LogP contribution in [-0.4, -0.2) is 25.9 Å². The Morgan fingerprint density at radius 2 is 2.18 bits per heavy atom. The lowest BCUT2D eigenvalue weighted by Gasteiger charge is -2.20. The number of rotatable bonds is 5. The molecule has 0 aromatic heterocycles. The molecule has 1 aromatic carbocycles. The summed E-state index contributed by atoms with van der Waals surface area (Å²) in [5, 5.41) is 0. The Bertz CT molecular complexity index is 393. The third-order valence-electron chi connectivity index (χ3n) is 2.70. The first-order valence-electron chi connectivity index (χ1n) is 5.63. The van der Waals surface area contributed by atoms with Gasteiger partial charge in [0, 0.05) is 19.3 Å². The number of hydrogen-bond acceptors (Lipinski definition) is 2. The lowest BCUT2D eigenvalue weighted by molar-refractivity contribution is -0.117. The third-order valence-corrected chi connectivity index (χ3v) is 2.88. The van der Waals surface area contributed by atoms with Gasteiger partial charge in [-0.25, -0.2) is 0 Å². The van der Waals surface area contributed by atoms with E-state index in [2.05, 4.69) is 6.92 Å². The summed E-state index contributed by atoms with van der Waals surface area (Å²) < 4.78 is 5.27. The van der Waals surface area contributed by atoms with E-state index in [1.165, 1.54) is 5.56 Å². The number of halogens is 1. The number of methoxy groups -OCH3 is 1. The molecule has 94 valence electrons. The summed E-state index contributed by atoms with van der Waals surface area (Å²) in [4.78, 5) is 13.4. The van der Waals surface area contributed by atoms with Gasteiger partial charge in [-0.3, -0.25) is 4.79 Å². The predicted octanol–water partition coefficient (Wildman–Crippen LogP) is 2.85. The van der Waals surface area contributed by atoms with Crippen LogP contribution < -0.4 is 9.64 Å². The maximum Gasteiger partial charge on any atom is 0.228 e. The predicted molar refractivity (Wildman–Crippen MR) is 71.1 cm³/mol. The standard InChI is InChI=1S/C13H18ClNO2/c1-4-10-5-6-12(17-3)11(9-10)15(2)13(16)7-8-14/h5-6,9H,4,7-8H2,1-3H3. The van der Waals surface area contributed by atoms with Crippen molar-refractivity contribution in [3.63, 3.8) is 0 Å². The van der Waals surface area contributed by atoms with Gasteiger partial charge in [0.25, 0.3) is 0 Å². The van der Waals surface area contributed by atoms with Gasteiger partial charge in [-0.15, -0.1) is 11.6 Å². The van der Waals surface area contributed by atoms with Crippen molar-refractivity contribution < 1.29 is 9.53 Å². The number of benzene rings is 1. The molecule has 0 N–H and O–H groups in total. The number of ether oxygens (including phenoxy) is 1. The SMILES string of the molecule is CCc1ccc(OC)c(N(C)C(=O)CCCl)c1. The number of hydrogen-bond donors (Lipinski definition) is 0. The van der Waals surface area contributed by atoms with Crippen LogP contribution in [0, 0.1) is 0 Å². The molecular weight excluding hydrogens is 238 g/mol. The van der Waals surface area contributed by atoms with Crippen LogP contribution in [0.25, 0.3) is 0 Å². The molecule has 0 heterocycles. The summed E-state index contributed by atoms with van der Waals surface area (Å²) >= 11 is 5.58. The average Bonchev–Trinajstić information content (AvgIpc) is 2.37. The normalized spacial score (nSPS) is 10.1. The maximum atomic E-state index is 11.8. The van der Waals surface area contributed by atoms with Crippen LogP contribution in [0.1, 0.15) is 18.9 Å². The number of alkyl halides is 1. The maximum absolute atomic E-state index is 11.8. The quantitative estimate of drug-likeness (QED) is 0.758. The highest BCUT2D eigenvalue weighted by Crippen LogP contribution is 2.29.